The molecule has 0 saturated carbocycles. The summed E-state index contributed by atoms with van der Waals surface area (Å²) in [4.78, 5) is 0. The first kappa shape index (κ1) is 17.0. The highest BCUT2D eigenvalue weighted by molar-refractivity contribution is 5.30. The first-order chi connectivity index (χ1) is 9.46. The number of nitrogens with two attached hydrogens (primary N) is 1. The van der Waals surface area contributed by atoms with Crippen molar-refractivity contribution in [2.75, 3.05) is 6.61 Å². The normalized spacial score (nSPS) is 15.9. The van der Waals surface area contributed by atoms with Gasteiger partial charge in [-0.3, -0.25) is 11.3 Å². The van der Waals surface area contributed by atoms with Crippen molar-refractivity contribution in [2.24, 2.45) is 5.84 Å². The van der Waals surface area contributed by atoms with E-state index in [4.69, 9.17) is 15.3 Å². The maximum absolute atomic E-state index is 5.91. The lowest BCUT2D eigenvalue weighted by molar-refractivity contribution is -0.0564. The molecule has 4 heteroatoms. The average Bonchev–Trinajstić information content (AvgIpc) is 2.41. The van der Waals surface area contributed by atoms with Gasteiger partial charge in [0.25, 0.3) is 0 Å². The first-order valence-corrected chi connectivity index (χ1v) is 7.33. The van der Waals surface area contributed by atoms with E-state index < -0.39 is 0 Å². The van der Waals surface area contributed by atoms with E-state index in [1.807, 2.05) is 45.0 Å². The van der Waals surface area contributed by atoms with Gasteiger partial charge in [0.05, 0.1) is 17.7 Å². The Morgan fingerprint density at radius 3 is 2.20 bits per heavy atom. The lowest BCUT2D eigenvalue weighted by atomic mass is 9.88. The Hall–Kier alpha value is -1.10. The molecular weight excluding hydrogens is 252 g/mol. The Morgan fingerprint density at radius 2 is 1.80 bits per heavy atom. The van der Waals surface area contributed by atoms with Crippen LogP contribution in [-0.4, -0.2) is 18.3 Å². The van der Waals surface area contributed by atoms with Crippen molar-refractivity contribution in [1.82, 2.24) is 5.43 Å². The minimum atomic E-state index is -0.329. The molecule has 114 valence electrons. The maximum Gasteiger partial charge on any atom is 0.119 e. The topological polar surface area (TPSA) is 56.5 Å². The second kappa shape index (κ2) is 7.62. The van der Waals surface area contributed by atoms with Gasteiger partial charge in [-0.05, 0) is 51.8 Å². The van der Waals surface area contributed by atoms with Crippen LogP contribution in [0.15, 0.2) is 24.3 Å². The molecule has 0 aliphatic carbocycles. The molecule has 1 aromatic rings. The molecular formula is C16H28N2O2. The molecule has 0 heterocycles. The summed E-state index contributed by atoms with van der Waals surface area (Å²) in [7, 11) is 0. The molecule has 0 aliphatic heterocycles. The third-order valence-corrected chi connectivity index (χ3v) is 3.54. The molecule has 2 atom stereocenters. The van der Waals surface area contributed by atoms with E-state index in [0.29, 0.717) is 6.61 Å². The zero-order chi connectivity index (χ0) is 15.2. The number of hydrogen-bond donors (Lipinski definition) is 2. The van der Waals surface area contributed by atoms with Gasteiger partial charge in [-0.15, -0.1) is 0 Å². The fourth-order valence-electron chi connectivity index (χ4n) is 2.36. The molecule has 0 radical (unpaired) electrons. The van der Waals surface area contributed by atoms with E-state index in [1.165, 1.54) is 0 Å². The van der Waals surface area contributed by atoms with Crippen LogP contribution in [0.4, 0.5) is 0 Å². The van der Waals surface area contributed by atoms with Crippen LogP contribution in [0.1, 0.15) is 52.6 Å². The summed E-state index contributed by atoms with van der Waals surface area (Å²) < 4.78 is 11.6. The molecule has 3 N–H and O–H groups in total. The number of ether oxygens (including phenoxy) is 2. The molecule has 0 amide bonds. The summed E-state index contributed by atoms with van der Waals surface area (Å²) in [6, 6.07) is 7.97. The van der Waals surface area contributed by atoms with Gasteiger partial charge in [0.15, 0.2) is 0 Å². The van der Waals surface area contributed by atoms with E-state index in [0.717, 1.165) is 17.7 Å². The minimum Gasteiger partial charge on any atom is -0.491 e. The molecule has 0 aliphatic rings. The van der Waals surface area contributed by atoms with Crippen LogP contribution in [0.3, 0.4) is 0 Å². The SMILES string of the molecule is CCOC(C)(CC)C(NN)c1ccc(OC(C)C)cc1. The standard InChI is InChI=1S/C16H28N2O2/c1-6-16(5,19-7-2)15(18-17)13-8-10-14(11-9-13)20-12(3)4/h8-12,15,18H,6-7,17H2,1-5H3. The van der Waals surface area contributed by atoms with Crippen LogP contribution >= 0.6 is 0 Å². The molecule has 0 spiro atoms. The number of nitrogens with one attached hydrogen (secondary N) is 1. The van der Waals surface area contributed by atoms with Crippen molar-refractivity contribution >= 4 is 0 Å². The maximum atomic E-state index is 5.91. The van der Waals surface area contributed by atoms with Crippen molar-refractivity contribution in [3.63, 3.8) is 0 Å². The zero-order valence-corrected chi connectivity index (χ0v) is 13.3. The summed E-state index contributed by atoms with van der Waals surface area (Å²) in [6.45, 7) is 10.9. The Balaban J connectivity index is 2.94. The van der Waals surface area contributed by atoms with Gasteiger partial charge in [0.1, 0.15) is 5.75 Å². The second-order valence-electron chi connectivity index (χ2n) is 5.43. The smallest absolute Gasteiger partial charge is 0.119 e. The summed E-state index contributed by atoms with van der Waals surface area (Å²) in [5.74, 6) is 6.62. The van der Waals surface area contributed by atoms with E-state index in [9.17, 15) is 0 Å². The van der Waals surface area contributed by atoms with Crippen molar-refractivity contribution in [1.29, 1.82) is 0 Å². The average molecular weight is 280 g/mol. The third kappa shape index (κ3) is 4.20. The summed E-state index contributed by atoms with van der Waals surface area (Å²) >= 11 is 0. The van der Waals surface area contributed by atoms with Crippen molar-refractivity contribution < 1.29 is 9.47 Å². The fraction of sp³-hybridized carbons (Fsp3) is 0.625. The highest BCUT2D eigenvalue weighted by Crippen LogP contribution is 2.32. The Kier molecular flexibility index (Phi) is 6.46. The van der Waals surface area contributed by atoms with E-state index in [1.54, 1.807) is 0 Å². The monoisotopic (exact) mass is 280 g/mol. The Morgan fingerprint density at radius 1 is 1.20 bits per heavy atom. The minimum absolute atomic E-state index is 0.0550. The molecule has 2 unspecified atom stereocenters. The van der Waals surface area contributed by atoms with E-state index >= 15 is 0 Å². The molecule has 4 nitrogen and oxygen atoms in total. The largest absolute Gasteiger partial charge is 0.491 e. The third-order valence-electron chi connectivity index (χ3n) is 3.54. The summed E-state index contributed by atoms with van der Waals surface area (Å²) in [6.07, 6.45) is 1.05. The van der Waals surface area contributed by atoms with Crippen molar-refractivity contribution in [3.05, 3.63) is 29.8 Å². The van der Waals surface area contributed by atoms with Gasteiger partial charge in [-0.2, -0.15) is 0 Å². The van der Waals surface area contributed by atoms with Gasteiger partial charge in [-0.1, -0.05) is 19.1 Å². The van der Waals surface area contributed by atoms with Crippen LogP contribution in [0, 0.1) is 0 Å². The van der Waals surface area contributed by atoms with E-state index in [-0.39, 0.29) is 17.7 Å². The van der Waals surface area contributed by atoms with Crippen LogP contribution < -0.4 is 16.0 Å². The van der Waals surface area contributed by atoms with Gasteiger partial charge < -0.3 is 9.47 Å². The molecule has 0 aromatic heterocycles. The van der Waals surface area contributed by atoms with E-state index in [2.05, 4.69) is 19.3 Å². The van der Waals surface area contributed by atoms with Crippen LogP contribution in [-0.2, 0) is 4.74 Å². The lowest BCUT2D eigenvalue weighted by Gasteiger charge is -2.36. The lowest BCUT2D eigenvalue weighted by Crippen LogP contribution is -2.46. The molecule has 20 heavy (non-hydrogen) atoms. The summed E-state index contributed by atoms with van der Waals surface area (Å²) in [5.41, 5.74) is 3.66. The van der Waals surface area contributed by atoms with Gasteiger partial charge >= 0.3 is 0 Å². The van der Waals surface area contributed by atoms with Crippen LogP contribution in [0.2, 0.25) is 0 Å². The number of benzene rings is 1. The summed E-state index contributed by atoms with van der Waals surface area (Å²) in [5, 5.41) is 0. The Bertz CT molecular complexity index is 392. The van der Waals surface area contributed by atoms with Crippen LogP contribution in [0.25, 0.3) is 0 Å². The van der Waals surface area contributed by atoms with Gasteiger partial charge in [0.2, 0.25) is 0 Å². The quantitative estimate of drug-likeness (QED) is 0.567. The zero-order valence-electron chi connectivity index (χ0n) is 13.3. The number of rotatable bonds is 8. The number of hydrogen-bond acceptors (Lipinski definition) is 4. The molecule has 0 saturated heterocycles. The molecule has 0 bridgehead atoms. The second-order valence-corrected chi connectivity index (χ2v) is 5.43. The van der Waals surface area contributed by atoms with Crippen molar-refractivity contribution in [2.45, 2.75) is 58.8 Å². The van der Waals surface area contributed by atoms with Gasteiger partial charge in [0, 0.05) is 6.61 Å². The molecule has 0 fully saturated rings. The molecule has 1 rings (SSSR count). The number of hydrazine groups is 1. The van der Waals surface area contributed by atoms with Crippen LogP contribution in [0.5, 0.6) is 5.75 Å². The predicted molar refractivity (Wildman–Crippen MR) is 82.6 cm³/mol. The first-order valence-electron chi connectivity index (χ1n) is 7.33. The highest BCUT2D eigenvalue weighted by atomic mass is 16.5. The van der Waals surface area contributed by atoms with Gasteiger partial charge in [-0.25, -0.2) is 0 Å². The Labute approximate surface area is 122 Å². The van der Waals surface area contributed by atoms with Crippen molar-refractivity contribution in [3.8, 4) is 5.75 Å². The molecule has 1 aromatic carbocycles. The fourth-order valence-corrected chi connectivity index (χ4v) is 2.36. The predicted octanol–water partition coefficient (Wildman–Crippen LogP) is 3.18. The highest BCUT2D eigenvalue weighted by Gasteiger charge is 2.33.